The second-order valence-corrected chi connectivity index (χ2v) is 4.28. The van der Waals surface area contributed by atoms with Gasteiger partial charge in [0.2, 0.25) is 11.8 Å². The van der Waals surface area contributed by atoms with Crippen LogP contribution in [0, 0.1) is 6.92 Å². The molecule has 0 bridgehead atoms. The maximum absolute atomic E-state index is 11.9. The van der Waals surface area contributed by atoms with Crippen LogP contribution in [-0.4, -0.2) is 30.9 Å². The number of benzene rings is 1. The Balaban J connectivity index is 2.33. The highest BCUT2D eigenvalue weighted by Crippen LogP contribution is 2.31. The molecule has 4 nitrogen and oxygen atoms in total. The van der Waals surface area contributed by atoms with Crippen molar-refractivity contribution in [1.82, 2.24) is 4.90 Å². The van der Waals surface area contributed by atoms with E-state index in [9.17, 15) is 9.59 Å². The molecule has 0 N–H and O–H groups in total. The molecule has 1 heterocycles. The highest BCUT2D eigenvalue weighted by molar-refractivity contribution is 6.05. The Bertz CT molecular complexity index is 482. The van der Waals surface area contributed by atoms with Crippen LogP contribution in [0.3, 0.4) is 0 Å². The number of imide groups is 1. The quantitative estimate of drug-likeness (QED) is 0.727. The molecule has 0 saturated carbocycles. The van der Waals surface area contributed by atoms with Crippen LogP contribution in [0.4, 0.5) is 0 Å². The third kappa shape index (κ3) is 1.90. The van der Waals surface area contributed by atoms with Crippen molar-refractivity contribution < 1.29 is 14.3 Å². The molecule has 90 valence electrons. The molecule has 0 aliphatic carbocycles. The number of methoxy groups -OCH3 is 1. The van der Waals surface area contributed by atoms with Crippen LogP contribution < -0.4 is 4.74 Å². The molecule has 4 heteroatoms. The Kier molecular flexibility index (Phi) is 2.88. The predicted octanol–water partition coefficient (Wildman–Crippen LogP) is 1.48. The Morgan fingerprint density at radius 1 is 1.35 bits per heavy atom. The van der Waals surface area contributed by atoms with Gasteiger partial charge in [-0.1, -0.05) is 12.1 Å². The number of nitrogens with zero attached hydrogens (tertiary/aromatic N) is 1. The lowest BCUT2D eigenvalue weighted by Crippen LogP contribution is -2.25. The number of likely N-dealkylation sites (tertiary alicyclic amines) is 1. The number of hydrogen-bond acceptors (Lipinski definition) is 3. The zero-order chi connectivity index (χ0) is 12.6. The van der Waals surface area contributed by atoms with Gasteiger partial charge in [0, 0.05) is 13.5 Å². The number of carbonyl (C=O) groups excluding carboxylic acids is 2. The summed E-state index contributed by atoms with van der Waals surface area (Å²) in [6.07, 6.45) is 0.265. The van der Waals surface area contributed by atoms with Crippen LogP contribution in [0.15, 0.2) is 18.2 Å². The fraction of sp³-hybridized carbons (Fsp3) is 0.385. The van der Waals surface area contributed by atoms with Gasteiger partial charge < -0.3 is 4.74 Å². The van der Waals surface area contributed by atoms with Crippen LogP contribution in [0.5, 0.6) is 5.75 Å². The average molecular weight is 233 g/mol. The Hall–Kier alpha value is -1.84. The van der Waals surface area contributed by atoms with Crippen molar-refractivity contribution in [3.63, 3.8) is 0 Å². The Morgan fingerprint density at radius 3 is 2.53 bits per heavy atom. The van der Waals surface area contributed by atoms with Crippen molar-refractivity contribution in [3.8, 4) is 5.75 Å². The van der Waals surface area contributed by atoms with Crippen LogP contribution in [0.2, 0.25) is 0 Å². The van der Waals surface area contributed by atoms with E-state index in [1.54, 1.807) is 7.11 Å². The molecule has 1 saturated heterocycles. The first-order chi connectivity index (χ1) is 8.04. The fourth-order valence-electron chi connectivity index (χ4n) is 2.13. The van der Waals surface area contributed by atoms with Gasteiger partial charge in [-0.2, -0.15) is 0 Å². The first kappa shape index (κ1) is 11.6. The lowest BCUT2D eigenvalue weighted by atomic mass is 9.96. The van der Waals surface area contributed by atoms with Gasteiger partial charge >= 0.3 is 0 Å². The molecule has 0 aromatic heterocycles. The monoisotopic (exact) mass is 233 g/mol. The van der Waals surface area contributed by atoms with E-state index in [-0.39, 0.29) is 24.2 Å². The topological polar surface area (TPSA) is 46.6 Å². The third-order valence-electron chi connectivity index (χ3n) is 3.20. The van der Waals surface area contributed by atoms with Crippen molar-refractivity contribution in [3.05, 3.63) is 29.3 Å². The summed E-state index contributed by atoms with van der Waals surface area (Å²) in [7, 11) is 3.14. The van der Waals surface area contributed by atoms with Crippen LogP contribution in [-0.2, 0) is 9.59 Å². The lowest BCUT2D eigenvalue weighted by molar-refractivity contribution is -0.137. The molecule has 1 aromatic rings. The third-order valence-corrected chi connectivity index (χ3v) is 3.20. The SMILES string of the molecule is COc1ccc(C2CC(=O)N(C)C2=O)cc1C. The summed E-state index contributed by atoms with van der Waals surface area (Å²) in [5.74, 6) is 0.212. The molecule has 0 spiro atoms. The van der Waals surface area contributed by atoms with Crippen molar-refractivity contribution >= 4 is 11.8 Å². The van der Waals surface area contributed by atoms with Gasteiger partial charge in [-0.25, -0.2) is 0 Å². The van der Waals surface area contributed by atoms with Crippen LogP contribution in [0.25, 0.3) is 0 Å². The van der Waals surface area contributed by atoms with Gasteiger partial charge in [0.25, 0.3) is 0 Å². The van der Waals surface area contributed by atoms with Gasteiger partial charge in [-0.3, -0.25) is 14.5 Å². The second kappa shape index (κ2) is 4.20. The van der Waals surface area contributed by atoms with Crippen LogP contribution in [0.1, 0.15) is 23.5 Å². The Morgan fingerprint density at radius 2 is 2.06 bits per heavy atom. The van der Waals surface area contributed by atoms with E-state index in [1.807, 2.05) is 25.1 Å². The molecule has 1 unspecified atom stereocenters. The highest BCUT2D eigenvalue weighted by Gasteiger charge is 2.36. The maximum Gasteiger partial charge on any atom is 0.236 e. The van der Waals surface area contributed by atoms with Gasteiger partial charge in [-0.15, -0.1) is 0 Å². The summed E-state index contributed by atoms with van der Waals surface area (Å²) >= 11 is 0. The van der Waals surface area contributed by atoms with E-state index in [4.69, 9.17) is 4.74 Å². The summed E-state index contributed by atoms with van der Waals surface area (Å²) in [6.45, 7) is 1.92. The van der Waals surface area contributed by atoms with E-state index in [1.165, 1.54) is 11.9 Å². The molecule has 1 aromatic carbocycles. The van der Waals surface area contributed by atoms with E-state index in [2.05, 4.69) is 0 Å². The number of carbonyl (C=O) groups is 2. The minimum atomic E-state index is -0.336. The van der Waals surface area contributed by atoms with E-state index in [0.29, 0.717) is 0 Å². The molecular formula is C13H15NO3. The summed E-state index contributed by atoms with van der Waals surface area (Å²) in [5, 5.41) is 0. The first-order valence-corrected chi connectivity index (χ1v) is 5.49. The van der Waals surface area contributed by atoms with E-state index in [0.717, 1.165) is 16.9 Å². The van der Waals surface area contributed by atoms with Gasteiger partial charge in [0.05, 0.1) is 13.0 Å². The summed E-state index contributed by atoms with van der Waals surface area (Å²) in [6, 6.07) is 5.59. The highest BCUT2D eigenvalue weighted by atomic mass is 16.5. The van der Waals surface area contributed by atoms with E-state index >= 15 is 0 Å². The number of amides is 2. The normalized spacial score (nSPS) is 19.9. The second-order valence-electron chi connectivity index (χ2n) is 4.28. The van der Waals surface area contributed by atoms with Crippen molar-refractivity contribution in [2.75, 3.05) is 14.2 Å². The molecular weight excluding hydrogens is 218 g/mol. The standard InChI is InChI=1S/C13H15NO3/c1-8-6-9(4-5-11(8)17-3)10-7-12(15)14(2)13(10)16/h4-6,10H,7H2,1-3H3. The minimum absolute atomic E-state index is 0.117. The number of aryl methyl sites for hydroxylation is 1. The molecule has 0 radical (unpaired) electrons. The molecule has 1 fully saturated rings. The average Bonchev–Trinajstić information content (AvgIpc) is 2.57. The number of ether oxygens (including phenoxy) is 1. The molecule has 2 amide bonds. The largest absolute Gasteiger partial charge is 0.496 e. The van der Waals surface area contributed by atoms with Crippen molar-refractivity contribution in [2.45, 2.75) is 19.3 Å². The molecule has 17 heavy (non-hydrogen) atoms. The van der Waals surface area contributed by atoms with Crippen LogP contribution >= 0.6 is 0 Å². The van der Waals surface area contributed by atoms with Gasteiger partial charge in [-0.05, 0) is 24.1 Å². The van der Waals surface area contributed by atoms with E-state index < -0.39 is 0 Å². The first-order valence-electron chi connectivity index (χ1n) is 5.49. The smallest absolute Gasteiger partial charge is 0.236 e. The number of rotatable bonds is 2. The van der Waals surface area contributed by atoms with Gasteiger partial charge in [0.15, 0.2) is 0 Å². The minimum Gasteiger partial charge on any atom is -0.496 e. The van der Waals surface area contributed by atoms with Gasteiger partial charge in [0.1, 0.15) is 5.75 Å². The molecule has 1 aliphatic heterocycles. The van der Waals surface area contributed by atoms with Crippen molar-refractivity contribution in [1.29, 1.82) is 0 Å². The number of likely N-dealkylation sites (N-methyl/N-ethyl adjacent to an activating group) is 1. The van der Waals surface area contributed by atoms with Crippen molar-refractivity contribution in [2.24, 2.45) is 0 Å². The zero-order valence-electron chi connectivity index (χ0n) is 10.2. The predicted molar refractivity (Wildman–Crippen MR) is 62.9 cm³/mol. The summed E-state index contributed by atoms with van der Waals surface area (Å²) in [4.78, 5) is 24.5. The zero-order valence-corrected chi connectivity index (χ0v) is 10.2. The molecule has 2 rings (SSSR count). The lowest BCUT2D eigenvalue weighted by Gasteiger charge is -2.11. The summed E-state index contributed by atoms with van der Waals surface area (Å²) in [5.41, 5.74) is 1.85. The maximum atomic E-state index is 11.9. The fourth-order valence-corrected chi connectivity index (χ4v) is 2.13. The number of hydrogen-bond donors (Lipinski definition) is 0. The molecule has 1 atom stereocenters. The molecule has 1 aliphatic rings. The summed E-state index contributed by atoms with van der Waals surface area (Å²) < 4.78 is 5.17. The Labute approximate surface area is 100 Å².